The van der Waals surface area contributed by atoms with Crippen molar-refractivity contribution in [3.8, 4) is 0 Å². The molecule has 120 valence electrons. The summed E-state index contributed by atoms with van der Waals surface area (Å²) in [5, 5.41) is 5.97. The summed E-state index contributed by atoms with van der Waals surface area (Å²) < 4.78 is 0. The molecule has 1 aromatic rings. The van der Waals surface area contributed by atoms with Crippen molar-refractivity contribution in [2.75, 3.05) is 0 Å². The first-order valence-corrected chi connectivity index (χ1v) is 8.18. The van der Waals surface area contributed by atoms with Crippen LogP contribution in [0, 0.1) is 11.8 Å². The summed E-state index contributed by atoms with van der Waals surface area (Å²) in [7, 11) is 0. The Hall–Kier alpha value is -1.84. The number of benzene rings is 1. The van der Waals surface area contributed by atoms with Crippen molar-refractivity contribution in [3.63, 3.8) is 0 Å². The van der Waals surface area contributed by atoms with Crippen molar-refractivity contribution in [1.82, 2.24) is 10.6 Å². The molecular formula is C18H26N2O2. The molecule has 4 heteroatoms. The number of carbonyl (C=O) groups excluding carboxylic acids is 2. The van der Waals surface area contributed by atoms with E-state index in [0.717, 1.165) is 31.2 Å². The molecule has 1 aliphatic rings. The van der Waals surface area contributed by atoms with Crippen molar-refractivity contribution in [2.45, 2.75) is 52.1 Å². The van der Waals surface area contributed by atoms with Gasteiger partial charge in [-0.2, -0.15) is 0 Å². The lowest BCUT2D eigenvalue weighted by molar-refractivity contribution is -0.130. The van der Waals surface area contributed by atoms with E-state index >= 15 is 0 Å². The third kappa shape index (κ3) is 4.86. The van der Waals surface area contributed by atoms with Gasteiger partial charge >= 0.3 is 0 Å². The molecule has 0 unspecified atom stereocenters. The molecule has 0 saturated heterocycles. The molecule has 0 bridgehead atoms. The van der Waals surface area contributed by atoms with Gasteiger partial charge in [-0.05, 0) is 45.1 Å². The van der Waals surface area contributed by atoms with Crippen molar-refractivity contribution in [3.05, 3.63) is 35.9 Å². The molecular weight excluding hydrogens is 276 g/mol. The van der Waals surface area contributed by atoms with E-state index in [0.29, 0.717) is 6.54 Å². The second kappa shape index (κ2) is 7.97. The zero-order chi connectivity index (χ0) is 15.9. The third-order valence-corrected chi connectivity index (χ3v) is 4.21. The number of carbonyl (C=O) groups is 2. The SMILES string of the molecule is CC(C)NC(=O)C1CCC(C(=O)NCc2ccccc2)CC1. The average Bonchev–Trinajstić information content (AvgIpc) is 2.53. The van der Waals surface area contributed by atoms with E-state index in [-0.39, 0.29) is 29.7 Å². The first-order chi connectivity index (χ1) is 10.6. The molecule has 2 N–H and O–H groups in total. The van der Waals surface area contributed by atoms with Crippen LogP contribution in [-0.4, -0.2) is 17.9 Å². The third-order valence-electron chi connectivity index (χ3n) is 4.21. The minimum atomic E-state index is 0.0480. The molecule has 2 amide bonds. The van der Waals surface area contributed by atoms with Crippen LogP contribution in [0.1, 0.15) is 45.1 Å². The fourth-order valence-corrected chi connectivity index (χ4v) is 2.95. The summed E-state index contributed by atoms with van der Waals surface area (Å²) in [5.74, 6) is 0.372. The maximum Gasteiger partial charge on any atom is 0.223 e. The number of amides is 2. The number of nitrogens with one attached hydrogen (secondary N) is 2. The molecule has 2 rings (SSSR count). The molecule has 0 heterocycles. The molecule has 1 aromatic carbocycles. The predicted molar refractivity (Wildman–Crippen MR) is 87.0 cm³/mol. The molecule has 1 fully saturated rings. The minimum Gasteiger partial charge on any atom is -0.354 e. The van der Waals surface area contributed by atoms with Crippen molar-refractivity contribution in [2.24, 2.45) is 11.8 Å². The monoisotopic (exact) mass is 302 g/mol. The fourth-order valence-electron chi connectivity index (χ4n) is 2.95. The smallest absolute Gasteiger partial charge is 0.223 e. The molecule has 1 aliphatic carbocycles. The van der Waals surface area contributed by atoms with E-state index in [2.05, 4.69) is 10.6 Å². The van der Waals surface area contributed by atoms with Crippen molar-refractivity contribution < 1.29 is 9.59 Å². The summed E-state index contributed by atoms with van der Waals surface area (Å²) in [6.07, 6.45) is 3.22. The second-order valence-corrected chi connectivity index (χ2v) is 6.42. The van der Waals surface area contributed by atoms with Crippen LogP contribution < -0.4 is 10.6 Å². The van der Waals surface area contributed by atoms with Crippen LogP contribution in [0.5, 0.6) is 0 Å². The Bertz CT molecular complexity index is 491. The molecule has 0 atom stereocenters. The Morgan fingerprint density at radius 2 is 1.55 bits per heavy atom. The van der Waals surface area contributed by atoms with E-state index in [1.807, 2.05) is 44.2 Å². The lowest BCUT2D eigenvalue weighted by atomic mass is 9.81. The van der Waals surface area contributed by atoms with Crippen LogP contribution in [0.15, 0.2) is 30.3 Å². The van der Waals surface area contributed by atoms with Crippen LogP contribution in [0.2, 0.25) is 0 Å². The van der Waals surface area contributed by atoms with E-state index in [1.165, 1.54) is 0 Å². The van der Waals surface area contributed by atoms with Gasteiger partial charge in [0.15, 0.2) is 0 Å². The lowest BCUT2D eigenvalue weighted by Crippen LogP contribution is -2.39. The Balaban J connectivity index is 1.74. The topological polar surface area (TPSA) is 58.2 Å². The first-order valence-electron chi connectivity index (χ1n) is 8.18. The molecule has 0 aromatic heterocycles. The van der Waals surface area contributed by atoms with Gasteiger partial charge in [0.1, 0.15) is 0 Å². The highest BCUT2D eigenvalue weighted by Crippen LogP contribution is 2.29. The van der Waals surface area contributed by atoms with Crippen LogP contribution in [0.4, 0.5) is 0 Å². The fraction of sp³-hybridized carbons (Fsp3) is 0.556. The summed E-state index contributed by atoms with van der Waals surface area (Å²) in [6.45, 7) is 4.52. The van der Waals surface area contributed by atoms with Gasteiger partial charge in [0, 0.05) is 24.4 Å². The summed E-state index contributed by atoms with van der Waals surface area (Å²) >= 11 is 0. The quantitative estimate of drug-likeness (QED) is 0.878. The highest BCUT2D eigenvalue weighted by molar-refractivity contribution is 5.81. The summed E-state index contributed by atoms with van der Waals surface area (Å²) in [4.78, 5) is 24.2. The van der Waals surface area contributed by atoms with Gasteiger partial charge in [0.25, 0.3) is 0 Å². The average molecular weight is 302 g/mol. The first kappa shape index (κ1) is 16.5. The molecule has 0 radical (unpaired) electrons. The highest BCUT2D eigenvalue weighted by Gasteiger charge is 2.29. The van der Waals surface area contributed by atoms with Crippen LogP contribution in [-0.2, 0) is 16.1 Å². The summed E-state index contributed by atoms with van der Waals surface area (Å²) in [6, 6.07) is 10.1. The Morgan fingerprint density at radius 1 is 1.00 bits per heavy atom. The molecule has 4 nitrogen and oxygen atoms in total. The van der Waals surface area contributed by atoms with Crippen LogP contribution >= 0.6 is 0 Å². The van der Waals surface area contributed by atoms with E-state index < -0.39 is 0 Å². The van der Waals surface area contributed by atoms with Crippen LogP contribution in [0.3, 0.4) is 0 Å². The van der Waals surface area contributed by atoms with E-state index in [9.17, 15) is 9.59 Å². The van der Waals surface area contributed by atoms with Gasteiger partial charge in [-0.3, -0.25) is 9.59 Å². The van der Waals surface area contributed by atoms with Crippen molar-refractivity contribution >= 4 is 11.8 Å². The Labute approximate surface area is 132 Å². The second-order valence-electron chi connectivity index (χ2n) is 6.42. The van der Waals surface area contributed by atoms with Gasteiger partial charge in [-0.15, -0.1) is 0 Å². The van der Waals surface area contributed by atoms with Gasteiger partial charge in [-0.1, -0.05) is 30.3 Å². The predicted octanol–water partition coefficient (Wildman–Crippen LogP) is 2.63. The largest absolute Gasteiger partial charge is 0.354 e. The molecule has 1 saturated carbocycles. The van der Waals surface area contributed by atoms with E-state index in [4.69, 9.17) is 0 Å². The zero-order valence-electron chi connectivity index (χ0n) is 13.5. The van der Waals surface area contributed by atoms with Crippen molar-refractivity contribution in [1.29, 1.82) is 0 Å². The van der Waals surface area contributed by atoms with E-state index in [1.54, 1.807) is 0 Å². The number of hydrogen-bond donors (Lipinski definition) is 2. The lowest BCUT2D eigenvalue weighted by Gasteiger charge is -2.27. The molecule has 0 aliphatic heterocycles. The zero-order valence-corrected chi connectivity index (χ0v) is 13.5. The molecule has 0 spiro atoms. The normalized spacial score (nSPS) is 21.4. The Kier molecular flexibility index (Phi) is 5.99. The van der Waals surface area contributed by atoms with Gasteiger partial charge in [0.2, 0.25) is 11.8 Å². The molecule has 22 heavy (non-hydrogen) atoms. The maximum atomic E-state index is 12.2. The highest BCUT2D eigenvalue weighted by atomic mass is 16.2. The number of rotatable bonds is 5. The standard InChI is InChI=1S/C18H26N2O2/c1-13(2)20-18(22)16-10-8-15(9-11-16)17(21)19-12-14-6-4-3-5-7-14/h3-7,13,15-16H,8-12H2,1-2H3,(H,19,21)(H,20,22). The van der Waals surface area contributed by atoms with Gasteiger partial charge in [-0.25, -0.2) is 0 Å². The maximum absolute atomic E-state index is 12.2. The Morgan fingerprint density at radius 3 is 2.09 bits per heavy atom. The minimum absolute atomic E-state index is 0.0480. The van der Waals surface area contributed by atoms with Gasteiger partial charge < -0.3 is 10.6 Å². The van der Waals surface area contributed by atoms with Gasteiger partial charge in [0.05, 0.1) is 0 Å². The van der Waals surface area contributed by atoms with Crippen LogP contribution in [0.25, 0.3) is 0 Å². The number of hydrogen-bond acceptors (Lipinski definition) is 2. The summed E-state index contributed by atoms with van der Waals surface area (Å²) in [5.41, 5.74) is 1.11.